The van der Waals surface area contributed by atoms with Crippen molar-refractivity contribution >= 4 is 17.7 Å². The second kappa shape index (κ2) is 17.9. The summed E-state index contributed by atoms with van der Waals surface area (Å²) in [7, 11) is 0. The minimum Gasteiger partial charge on any atom is -0.490 e. The first-order chi connectivity index (χ1) is 24.2. The third-order valence-electron chi connectivity index (χ3n) is 9.33. The zero-order valence-corrected chi connectivity index (χ0v) is 29.4. The Morgan fingerprint density at radius 2 is 1.74 bits per heavy atom. The van der Waals surface area contributed by atoms with Crippen LogP contribution in [0.1, 0.15) is 61.6 Å². The van der Waals surface area contributed by atoms with Gasteiger partial charge in [0.1, 0.15) is 24.1 Å². The van der Waals surface area contributed by atoms with Crippen molar-refractivity contribution in [3.8, 4) is 16.9 Å². The van der Waals surface area contributed by atoms with Gasteiger partial charge in [-0.2, -0.15) is 0 Å². The highest BCUT2D eigenvalue weighted by Gasteiger charge is 2.48. The number of hydrogen-bond donors (Lipinski definition) is 6. The van der Waals surface area contributed by atoms with E-state index in [1.807, 2.05) is 36.7 Å². The molecule has 2 fully saturated rings. The van der Waals surface area contributed by atoms with E-state index in [2.05, 4.69) is 36.2 Å². The molecule has 2 aliphatic carbocycles. The second-order valence-electron chi connectivity index (χ2n) is 13.2. The standard InChI is InChI=1S/C38H50N2O9S/c1-25-9-12-28(50-20-6-18-40(17-4-5-19-41)37(47)36(46)35(45)34(44)32(43)23-42)21-26(25)24-48-38(14-15-38)31-22-39-16-13-29(31)30-7-2-3-8-33(30)49-27-10-11-27/h2-3,7-9,12-13,16,21-22,27,32,34-36,41-46H,4-6,10-11,14-15,17-20,23-24H2,1H3. The summed E-state index contributed by atoms with van der Waals surface area (Å²) in [6.45, 7) is 2.17. The predicted octanol–water partition coefficient (Wildman–Crippen LogP) is 3.32. The van der Waals surface area contributed by atoms with Crippen LogP contribution in [0.25, 0.3) is 11.1 Å². The highest BCUT2D eigenvalue weighted by molar-refractivity contribution is 7.99. The zero-order valence-electron chi connectivity index (χ0n) is 28.6. The lowest BCUT2D eigenvalue weighted by Crippen LogP contribution is -2.53. The molecule has 272 valence electrons. The quantitative estimate of drug-likeness (QED) is 0.0708. The first-order valence-corrected chi connectivity index (χ1v) is 18.5. The smallest absolute Gasteiger partial charge is 0.254 e. The molecule has 2 saturated carbocycles. The van der Waals surface area contributed by atoms with Crippen molar-refractivity contribution < 1.29 is 44.9 Å². The van der Waals surface area contributed by atoms with Crippen molar-refractivity contribution in [1.29, 1.82) is 0 Å². The molecule has 0 radical (unpaired) electrons. The summed E-state index contributed by atoms with van der Waals surface area (Å²) in [4.78, 5) is 20.0. The third kappa shape index (κ3) is 9.83. The van der Waals surface area contributed by atoms with Crippen LogP contribution in [-0.2, 0) is 21.7 Å². The molecule has 5 rings (SSSR count). The number of nitrogens with zero attached hydrogens (tertiary/aromatic N) is 2. The van der Waals surface area contributed by atoms with Gasteiger partial charge in [-0.1, -0.05) is 24.3 Å². The Hall–Kier alpha value is -3.07. The van der Waals surface area contributed by atoms with Crippen LogP contribution in [0.5, 0.6) is 5.75 Å². The first kappa shape index (κ1) is 38.2. The van der Waals surface area contributed by atoms with Crippen LogP contribution in [0.4, 0.5) is 0 Å². The van der Waals surface area contributed by atoms with Gasteiger partial charge in [0.25, 0.3) is 5.91 Å². The van der Waals surface area contributed by atoms with Crippen molar-refractivity contribution in [2.75, 3.05) is 32.1 Å². The van der Waals surface area contributed by atoms with Gasteiger partial charge in [0.15, 0.2) is 6.10 Å². The van der Waals surface area contributed by atoms with Crippen LogP contribution in [0, 0.1) is 6.92 Å². The number of aliphatic hydroxyl groups is 6. The van der Waals surface area contributed by atoms with Crippen molar-refractivity contribution in [2.24, 2.45) is 0 Å². The van der Waals surface area contributed by atoms with Gasteiger partial charge in [-0.25, -0.2) is 0 Å². The Labute approximate surface area is 297 Å². The Kier molecular flexibility index (Phi) is 13.7. The summed E-state index contributed by atoms with van der Waals surface area (Å²) >= 11 is 1.64. The average molecular weight is 711 g/mol. The maximum atomic E-state index is 13.0. The molecule has 12 heteroatoms. The van der Waals surface area contributed by atoms with Gasteiger partial charge < -0.3 is 45.0 Å². The van der Waals surface area contributed by atoms with E-state index in [0.717, 1.165) is 64.1 Å². The fraction of sp³-hybridized carbons (Fsp3) is 0.526. The van der Waals surface area contributed by atoms with Gasteiger partial charge in [0.05, 0.1) is 24.9 Å². The molecule has 0 saturated heterocycles. The maximum Gasteiger partial charge on any atom is 0.254 e. The third-order valence-corrected chi connectivity index (χ3v) is 10.4. The van der Waals surface area contributed by atoms with Crippen molar-refractivity contribution in [2.45, 2.75) is 99.5 Å². The van der Waals surface area contributed by atoms with E-state index in [1.165, 1.54) is 4.90 Å². The summed E-state index contributed by atoms with van der Waals surface area (Å²) in [6.07, 6.45) is 2.02. The molecule has 6 N–H and O–H groups in total. The molecule has 2 aliphatic rings. The zero-order chi connectivity index (χ0) is 35.7. The molecule has 0 aliphatic heterocycles. The summed E-state index contributed by atoms with van der Waals surface area (Å²) in [5.41, 5.74) is 5.01. The van der Waals surface area contributed by atoms with E-state index < -0.39 is 42.5 Å². The molecular weight excluding hydrogens is 660 g/mol. The summed E-state index contributed by atoms with van der Waals surface area (Å²) < 4.78 is 13.0. The van der Waals surface area contributed by atoms with E-state index in [4.69, 9.17) is 14.6 Å². The fourth-order valence-electron chi connectivity index (χ4n) is 5.91. The molecule has 3 aromatic rings. The number of benzene rings is 2. The topological polar surface area (TPSA) is 173 Å². The van der Waals surface area contributed by atoms with Gasteiger partial charge in [-0.3, -0.25) is 9.78 Å². The van der Waals surface area contributed by atoms with Crippen LogP contribution in [0.3, 0.4) is 0 Å². The second-order valence-corrected chi connectivity index (χ2v) is 14.4. The summed E-state index contributed by atoms with van der Waals surface area (Å²) in [5, 5.41) is 58.6. The number of aromatic nitrogens is 1. The molecule has 4 atom stereocenters. The van der Waals surface area contributed by atoms with Gasteiger partial charge in [0, 0.05) is 48.1 Å². The van der Waals surface area contributed by atoms with E-state index in [-0.39, 0.29) is 19.7 Å². The van der Waals surface area contributed by atoms with Gasteiger partial charge in [0.2, 0.25) is 0 Å². The first-order valence-electron chi connectivity index (χ1n) is 17.5. The van der Waals surface area contributed by atoms with Gasteiger partial charge in [-0.15, -0.1) is 11.8 Å². The van der Waals surface area contributed by atoms with Crippen LogP contribution in [0.15, 0.2) is 65.8 Å². The van der Waals surface area contributed by atoms with Crippen LogP contribution in [0.2, 0.25) is 0 Å². The lowest BCUT2D eigenvalue weighted by atomic mass is 9.96. The molecule has 50 heavy (non-hydrogen) atoms. The molecule has 2 aromatic carbocycles. The Bertz CT molecular complexity index is 1550. The fourth-order valence-corrected chi connectivity index (χ4v) is 6.81. The van der Waals surface area contributed by atoms with Crippen LogP contribution < -0.4 is 4.74 Å². The molecule has 0 spiro atoms. The molecule has 1 heterocycles. The molecule has 0 bridgehead atoms. The number of amides is 1. The average Bonchev–Trinajstić information content (AvgIpc) is 4.09. The number of thioether (sulfide) groups is 1. The lowest BCUT2D eigenvalue weighted by molar-refractivity contribution is -0.158. The summed E-state index contributed by atoms with van der Waals surface area (Å²) in [5.74, 6) is 0.772. The molecular formula is C38H50N2O9S. The van der Waals surface area contributed by atoms with E-state index in [0.29, 0.717) is 37.7 Å². The molecule has 4 unspecified atom stereocenters. The number of carbonyl (C=O) groups is 1. The van der Waals surface area contributed by atoms with Gasteiger partial charge in [-0.05, 0) is 98.6 Å². The Balaban J connectivity index is 1.19. The number of hydrogen-bond acceptors (Lipinski definition) is 11. The highest BCUT2D eigenvalue weighted by atomic mass is 32.2. The number of pyridine rings is 1. The number of aliphatic hydroxyl groups excluding tert-OH is 6. The van der Waals surface area contributed by atoms with Crippen molar-refractivity contribution in [1.82, 2.24) is 9.88 Å². The largest absolute Gasteiger partial charge is 0.490 e. The number of ether oxygens (including phenoxy) is 2. The number of carbonyl (C=O) groups excluding carboxylic acids is 1. The van der Waals surface area contributed by atoms with Crippen LogP contribution >= 0.6 is 11.8 Å². The van der Waals surface area contributed by atoms with E-state index >= 15 is 0 Å². The number of para-hydroxylation sites is 1. The molecule has 1 amide bonds. The Morgan fingerprint density at radius 1 is 0.980 bits per heavy atom. The lowest BCUT2D eigenvalue weighted by Gasteiger charge is -2.30. The number of rotatable bonds is 21. The highest BCUT2D eigenvalue weighted by Crippen LogP contribution is 2.53. The van der Waals surface area contributed by atoms with E-state index in [9.17, 15) is 30.3 Å². The van der Waals surface area contributed by atoms with Crippen molar-refractivity contribution in [3.05, 3.63) is 77.6 Å². The number of aryl methyl sites for hydroxylation is 1. The van der Waals surface area contributed by atoms with E-state index in [1.54, 1.807) is 11.8 Å². The Morgan fingerprint density at radius 3 is 2.46 bits per heavy atom. The van der Waals surface area contributed by atoms with Crippen molar-refractivity contribution in [3.63, 3.8) is 0 Å². The minimum atomic E-state index is -1.98. The SMILES string of the molecule is Cc1ccc(SCCCN(CCCCO)C(=O)C(O)C(O)C(O)C(O)CO)cc1COC1(c2cnccc2-c2ccccc2OC2CC2)CC1. The van der Waals surface area contributed by atoms with Crippen LogP contribution in [-0.4, -0.2) is 109 Å². The van der Waals surface area contributed by atoms with Gasteiger partial charge >= 0.3 is 0 Å². The summed E-state index contributed by atoms with van der Waals surface area (Å²) in [6, 6.07) is 16.5. The molecule has 11 nitrogen and oxygen atoms in total. The normalized spacial score (nSPS) is 17.5. The maximum absolute atomic E-state index is 13.0. The monoisotopic (exact) mass is 710 g/mol. The number of unbranched alkanes of at least 4 members (excludes halogenated alkanes) is 1. The molecule has 1 aromatic heterocycles. The predicted molar refractivity (Wildman–Crippen MR) is 190 cm³/mol. The minimum absolute atomic E-state index is 0.0439.